The lowest BCUT2D eigenvalue weighted by molar-refractivity contribution is -0.123. The van der Waals surface area contributed by atoms with E-state index in [0.717, 1.165) is 31.2 Å². The largest absolute Gasteiger partial charge is 0.449 e. The zero-order chi connectivity index (χ0) is 15.4. The third kappa shape index (κ3) is 4.00. The lowest BCUT2D eigenvalue weighted by atomic mass is 10.0. The van der Waals surface area contributed by atoms with Gasteiger partial charge in [0.25, 0.3) is 0 Å². The van der Waals surface area contributed by atoms with Gasteiger partial charge < -0.3 is 15.4 Å². The van der Waals surface area contributed by atoms with Crippen molar-refractivity contribution in [1.82, 2.24) is 10.6 Å². The number of hydrogen-bond donors (Lipinski definition) is 2. The summed E-state index contributed by atoms with van der Waals surface area (Å²) in [7, 11) is 0. The van der Waals surface area contributed by atoms with E-state index in [0.29, 0.717) is 18.9 Å². The number of benzene rings is 1. The zero-order valence-electron chi connectivity index (χ0n) is 12.6. The Hall–Kier alpha value is -2.04. The normalized spacial score (nSPS) is 25.0. The molecule has 2 amide bonds. The van der Waals surface area contributed by atoms with Crippen molar-refractivity contribution in [3.8, 4) is 0 Å². The van der Waals surface area contributed by atoms with Gasteiger partial charge in [0.15, 0.2) is 0 Å². The van der Waals surface area contributed by atoms with Gasteiger partial charge >= 0.3 is 6.09 Å². The first kappa shape index (κ1) is 14.9. The monoisotopic (exact) mass is 302 g/mol. The van der Waals surface area contributed by atoms with Crippen LogP contribution in [0.2, 0.25) is 0 Å². The molecule has 1 aromatic rings. The maximum atomic E-state index is 12.3. The fourth-order valence-electron chi connectivity index (χ4n) is 2.74. The molecule has 1 heterocycles. The average molecular weight is 302 g/mol. The van der Waals surface area contributed by atoms with E-state index in [-0.39, 0.29) is 11.9 Å². The van der Waals surface area contributed by atoms with Gasteiger partial charge in [0, 0.05) is 0 Å². The molecule has 2 fully saturated rings. The number of carbonyl (C=O) groups excluding carboxylic acids is 2. The highest BCUT2D eigenvalue weighted by Crippen LogP contribution is 2.28. The second kappa shape index (κ2) is 6.81. The Bertz CT molecular complexity index is 528. The molecular weight excluding hydrogens is 280 g/mol. The SMILES string of the molecule is O=C(NC1CCCC(c2ccccc2)NC1=O)OCC1CC1. The number of nitrogens with one attached hydrogen (secondary N) is 2. The standard InChI is InChI=1S/C17H22N2O3/c20-16-15(19-17(21)22-11-12-9-10-12)8-4-7-14(18-16)13-5-2-1-3-6-13/h1-3,5-6,12,14-15H,4,7-11H2,(H,18,20)(H,19,21). The second-order valence-electron chi connectivity index (χ2n) is 6.14. The fraction of sp³-hybridized carbons (Fsp3) is 0.529. The van der Waals surface area contributed by atoms with E-state index in [4.69, 9.17) is 4.74 Å². The van der Waals surface area contributed by atoms with Gasteiger partial charge in [0.05, 0.1) is 12.6 Å². The highest BCUT2D eigenvalue weighted by atomic mass is 16.5. The van der Waals surface area contributed by atoms with E-state index >= 15 is 0 Å². The Morgan fingerprint density at radius 3 is 2.68 bits per heavy atom. The number of alkyl carbamates (subject to hydrolysis) is 1. The Morgan fingerprint density at radius 1 is 1.18 bits per heavy atom. The molecule has 0 spiro atoms. The van der Waals surface area contributed by atoms with Crippen molar-refractivity contribution in [2.45, 2.75) is 44.2 Å². The van der Waals surface area contributed by atoms with E-state index in [1.165, 1.54) is 0 Å². The Morgan fingerprint density at radius 2 is 1.95 bits per heavy atom. The summed E-state index contributed by atoms with van der Waals surface area (Å²) in [6.07, 6.45) is 4.20. The van der Waals surface area contributed by atoms with E-state index in [1.54, 1.807) is 0 Å². The summed E-state index contributed by atoms with van der Waals surface area (Å²) in [5.41, 5.74) is 1.10. The van der Waals surface area contributed by atoms with E-state index < -0.39 is 12.1 Å². The summed E-state index contributed by atoms with van der Waals surface area (Å²) in [4.78, 5) is 24.0. The van der Waals surface area contributed by atoms with Crippen molar-refractivity contribution in [2.24, 2.45) is 5.92 Å². The van der Waals surface area contributed by atoms with Crippen LogP contribution in [0.3, 0.4) is 0 Å². The predicted octanol–water partition coefficient (Wildman–Crippen LogP) is 2.53. The van der Waals surface area contributed by atoms with Gasteiger partial charge in [-0.15, -0.1) is 0 Å². The topological polar surface area (TPSA) is 67.4 Å². The molecule has 5 nitrogen and oxygen atoms in total. The summed E-state index contributed by atoms with van der Waals surface area (Å²) in [5.74, 6) is 0.394. The molecule has 0 bridgehead atoms. The molecule has 1 saturated carbocycles. The molecule has 2 aliphatic rings. The number of rotatable bonds is 4. The molecule has 1 saturated heterocycles. The quantitative estimate of drug-likeness (QED) is 0.898. The zero-order valence-corrected chi connectivity index (χ0v) is 12.6. The molecule has 22 heavy (non-hydrogen) atoms. The van der Waals surface area contributed by atoms with Gasteiger partial charge in [-0.05, 0) is 43.6 Å². The minimum absolute atomic E-state index is 0.0167. The van der Waals surface area contributed by atoms with E-state index in [1.807, 2.05) is 30.3 Å². The van der Waals surface area contributed by atoms with Crippen molar-refractivity contribution in [3.63, 3.8) is 0 Å². The second-order valence-corrected chi connectivity index (χ2v) is 6.14. The molecule has 3 rings (SSSR count). The Kier molecular flexibility index (Phi) is 4.61. The van der Waals surface area contributed by atoms with Gasteiger partial charge in [-0.3, -0.25) is 4.79 Å². The van der Waals surface area contributed by atoms with Crippen LogP contribution in [0, 0.1) is 5.92 Å². The number of carbonyl (C=O) groups is 2. The van der Waals surface area contributed by atoms with E-state index in [9.17, 15) is 9.59 Å². The van der Waals surface area contributed by atoms with Crippen LogP contribution in [0.1, 0.15) is 43.7 Å². The van der Waals surface area contributed by atoms with Crippen molar-refractivity contribution >= 4 is 12.0 Å². The summed E-state index contributed by atoms with van der Waals surface area (Å²) >= 11 is 0. The number of amides is 2. The third-order valence-corrected chi connectivity index (χ3v) is 4.26. The first-order chi connectivity index (χ1) is 10.7. The van der Waals surface area contributed by atoms with Crippen LogP contribution in [-0.4, -0.2) is 24.6 Å². The average Bonchev–Trinajstić information content (AvgIpc) is 3.36. The maximum Gasteiger partial charge on any atom is 0.407 e. The smallest absolute Gasteiger partial charge is 0.407 e. The van der Waals surface area contributed by atoms with Crippen LogP contribution in [-0.2, 0) is 9.53 Å². The van der Waals surface area contributed by atoms with E-state index in [2.05, 4.69) is 10.6 Å². The summed E-state index contributed by atoms with van der Waals surface area (Å²) < 4.78 is 5.14. The maximum absolute atomic E-state index is 12.3. The first-order valence-electron chi connectivity index (χ1n) is 8.01. The molecule has 1 aliphatic heterocycles. The molecule has 5 heteroatoms. The summed E-state index contributed by atoms with van der Waals surface area (Å²) in [5, 5.41) is 5.71. The molecule has 2 unspecified atom stereocenters. The number of ether oxygens (including phenoxy) is 1. The predicted molar refractivity (Wildman–Crippen MR) is 82.2 cm³/mol. The molecule has 118 valence electrons. The molecule has 0 radical (unpaired) electrons. The fourth-order valence-corrected chi connectivity index (χ4v) is 2.74. The van der Waals surface area contributed by atoms with Crippen molar-refractivity contribution in [2.75, 3.05) is 6.61 Å². The molecule has 1 aromatic carbocycles. The first-order valence-corrected chi connectivity index (χ1v) is 8.01. The van der Waals surface area contributed by atoms with Gasteiger partial charge in [0.2, 0.25) is 5.91 Å². The van der Waals surface area contributed by atoms with Crippen LogP contribution < -0.4 is 10.6 Å². The lowest BCUT2D eigenvalue weighted by Crippen LogP contribution is -2.46. The van der Waals surface area contributed by atoms with Gasteiger partial charge in [-0.25, -0.2) is 4.79 Å². The van der Waals surface area contributed by atoms with Gasteiger partial charge in [0.1, 0.15) is 6.04 Å². The molecular formula is C17H22N2O3. The van der Waals surface area contributed by atoms with Crippen LogP contribution in [0.25, 0.3) is 0 Å². The summed E-state index contributed by atoms with van der Waals surface area (Å²) in [6.45, 7) is 0.465. The van der Waals surface area contributed by atoms with Gasteiger partial charge in [-0.2, -0.15) is 0 Å². The highest BCUT2D eigenvalue weighted by molar-refractivity contribution is 5.86. The van der Waals surface area contributed by atoms with Crippen LogP contribution in [0.4, 0.5) is 4.79 Å². The van der Waals surface area contributed by atoms with Crippen molar-refractivity contribution in [1.29, 1.82) is 0 Å². The summed E-state index contributed by atoms with van der Waals surface area (Å²) in [6, 6.07) is 9.45. The third-order valence-electron chi connectivity index (χ3n) is 4.26. The minimum Gasteiger partial charge on any atom is -0.449 e. The Balaban J connectivity index is 1.53. The number of hydrogen-bond acceptors (Lipinski definition) is 3. The minimum atomic E-state index is -0.500. The lowest BCUT2D eigenvalue weighted by Gasteiger charge is -2.18. The molecule has 1 aliphatic carbocycles. The Labute approximate surface area is 130 Å². The van der Waals surface area contributed by atoms with Crippen LogP contribution in [0.5, 0.6) is 0 Å². The van der Waals surface area contributed by atoms with Crippen LogP contribution >= 0.6 is 0 Å². The van der Waals surface area contributed by atoms with Crippen molar-refractivity contribution < 1.29 is 14.3 Å². The molecule has 0 aromatic heterocycles. The molecule has 2 N–H and O–H groups in total. The van der Waals surface area contributed by atoms with Crippen LogP contribution in [0.15, 0.2) is 30.3 Å². The van der Waals surface area contributed by atoms with Gasteiger partial charge in [-0.1, -0.05) is 30.3 Å². The van der Waals surface area contributed by atoms with Crippen molar-refractivity contribution in [3.05, 3.63) is 35.9 Å². The molecule has 2 atom stereocenters. The highest BCUT2D eigenvalue weighted by Gasteiger charge is 2.29.